The first-order valence-electron chi connectivity index (χ1n) is 6.95. The summed E-state index contributed by atoms with van der Waals surface area (Å²) in [4.78, 5) is 22.4. The number of ether oxygens (including phenoxy) is 1. The molecule has 0 radical (unpaired) electrons. The van der Waals surface area contributed by atoms with E-state index in [1.54, 1.807) is 31.2 Å². The van der Waals surface area contributed by atoms with Crippen molar-refractivity contribution >= 4 is 23.4 Å². The second-order valence-corrected chi connectivity index (χ2v) is 4.66. The van der Waals surface area contributed by atoms with Crippen molar-refractivity contribution in [3.63, 3.8) is 0 Å². The van der Waals surface area contributed by atoms with Crippen LogP contribution in [0.5, 0.6) is 0 Å². The molecule has 0 aliphatic rings. The van der Waals surface area contributed by atoms with Crippen molar-refractivity contribution in [2.45, 2.75) is 13.8 Å². The molecular formula is C15H17N3O5. The van der Waals surface area contributed by atoms with Crippen molar-refractivity contribution in [2.24, 2.45) is 0 Å². The number of hydrogen-bond donors (Lipinski definition) is 3. The summed E-state index contributed by atoms with van der Waals surface area (Å²) in [7, 11) is 0. The number of aromatic nitrogens is 1. The molecule has 23 heavy (non-hydrogen) atoms. The minimum absolute atomic E-state index is 0.00771. The largest absolute Gasteiger partial charge is 0.465 e. The Labute approximate surface area is 132 Å². The van der Waals surface area contributed by atoms with Crippen molar-refractivity contribution in [2.75, 3.05) is 23.8 Å². The molecule has 3 N–H and O–H groups in total. The van der Waals surface area contributed by atoms with E-state index in [1.807, 2.05) is 6.92 Å². The Morgan fingerprint density at radius 3 is 2.57 bits per heavy atom. The van der Waals surface area contributed by atoms with E-state index in [0.29, 0.717) is 35.0 Å². The summed E-state index contributed by atoms with van der Waals surface area (Å²) < 4.78 is 10.2. The van der Waals surface area contributed by atoms with Gasteiger partial charge in [0.05, 0.1) is 0 Å². The van der Waals surface area contributed by atoms with Gasteiger partial charge in [0, 0.05) is 17.9 Å². The molecule has 2 amide bonds. The van der Waals surface area contributed by atoms with Crippen LogP contribution in [0.1, 0.15) is 12.6 Å². The second-order valence-electron chi connectivity index (χ2n) is 4.66. The van der Waals surface area contributed by atoms with Gasteiger partial charge in [-0.25, -0.2) is 4.79 Å². The summed E-state index contributed by atoms with van der Waals surface area (Å²) in [6.45, 7) is 3.91. The number of aryl methyl sites for hydroxylation is 1. The molecule has 122 valence electrons. The Balaban J connectivity index is 2.14. The summed E-state index contributed by atoms with van der Waals surface area (Å²) in [5, 5.41) is 17.6. The van der Waals surface area contributed by atoms with Gasteiger partial charge in [0.1, 0.15) is 18.0 Å². The fourth-order valence-corrected chi connectivity index (χ4v) is 1.92. The molecule has 8 heteroatoms. The normalized spacial score (nSPS) is 10.3. The van der Waals surface area contributed by atoms with Crippen molar-refractivity contribution in [1.29, 1.82) is 0 Å². The Hall–Kier alpha value is -2.87. The average molecular weight is 319 g/mol. The average Bonchev–Trinajstić information content (AvgIpc) is 2.86. The number of carbonyl (C=O) groups excluding carboxylic acids is 1. The van der Waals surface area contributed by atoms with Crippen molar-refractivity contribution < 1.29 is 24.0 Å². The number of nitrogens with one attached hydrogen (secondary N) is 2. The van der Waals surface area contributed by atoms with Crippen molar-refractivity contribution in [3.05, 3.63) is 30.0 Å². The van der Waals surface area contributed by atoms with E-state index < -0.39 is 6.09 Å². The highest BCUT2D eigenvalue weighted by Crippen LogP contribution is 2.31. The number of rotatable bonds is 6. The summed E-state index contributed by atoms with van der Waals surface area (Å²) in [6, 6.07) is 6.76. The lowest BCUT2D eigenvalue weighted by Gasteiger charge is -2.06. The lowest BCUT2D eigenvalue weighted by atomic mass is 10.1. The van der Waals surface area contributed by atoms with Crippen LogP contribution in [0, 0.1) is 6.92 Å². The highest BCUT2D eigenvalue weighted by Gasteiger charge is 2.17. The van der Waals surface area contributed by atoms with Crippen LogP contribution in [0.25, 0.3) is 11.3 Å². The molecule has 0 spiro atoms. The first kappa shape index (κ1) is 16.5. The fourth-order valence-electron chi connectivity index (χ4n) is 1.92. The number of carboxylic acid groups (broad SMARTS) is 1. The Bertz CT molecular complexity index is 694. The zero-order valence-electron chi connectivity index (χ0n) is 12.8. The van der Waals surface area contributed by atoms with E-state index in [2.05, 4.69) is 15.8 Å². The van der Waals surface area contributed by atoms with Crippen LogP contribution in [0.3, 0.4) is 0 Å². The van der Waals surface area contributed by atoms with E-state index in [1.165, 1.54) is 0 Å². The minimum Gasteiger partial charge on any atom is -0.465 e. The van der Waals surface area contributed by atoms with Gasteiger partial charge in [-0.05, 0) is 38.1 Å². The van der Waals surface area contributed by atoms with Crippen LogP contribution in [-0.2, 0) is 9.53 Å². The zero-order valence-corrected chi connectivity index (χ0v) is 12.8. The molecular weight excluding hydrogens is 302 g/mol. The molecule has 0 saturated heterocycles. The van der Waals surface area contributed by atoms with Gasteiger partial charge < -0.3 is 19.7 Å². The van der Waals surface area contributed by atoms with Gasteiger partial charge in [-0.2, -0.15) is 0 Å². The predicted molar refractivity (Wildman–Crippen MR) is 83.4 cm³/mol. The third kappa shape index (κ3) is 4.30. The van der Waals surface area contributed by atoms with Gasteiger partial charge in [-0.3, -0.25) is 10.1 Å². The van der Waals surface area contributed by atoms with Gasteiger partial charge in [0.2, 0.25) is 5.91 Å². The standard InChI is InChI=1S/C15H17N3O5/c1-3-22-8-12(19)16-11-6-4-10(5-7-11)14-13(17-15(20)21)9(2)18-23-14/h4-7,17H,3,8H2,1-2H3,(H,16,19)(H,20,21). The number of benzene rings is 1. The van der Waals surface area contributed by atoms with Crippen molar-refractivity contribution in [1.82, 2.24) is 5.16 Å². The summed E-state index contributed by atoms with van der Waals surface area (Å²) in [6.07, 6.45) is -1.20. The highest BCUT2D eigenvalue weighted by molar-refractivity contribution is 5.92. The molecule has 2 aromatic rings. The van der Waals surface area contributed by atoms with E-state index in [-0.39, 0.29) is 12.5 Å². The summed E-state index contributed by atoms with van der Waals surface area (Å²) >= 11 is 0. The maximum atomic E-state index is 11.6. The molecule has 0 unspecified atom stereocenters. The van der Waals surface area contributed by atoms with Crippen LogP contribution < -0.4 is 10.6 Å². The van der Waals surface area contributed by atoms with Crippen molar-refractivity contribution in [3.8, 4) is 11.3 Å². The Morgan fingerprint density at radius 1 is 1.26 bits per heavy atom. The molecule has 0 bridgehead atoms. The van der Waals surface area contributed by atoms with Gasteiger partial charge in [-0.15, -0.1) is 0 Å². The maximum Gasteiger partial charge on any atom is 0.409 e. The molecule has 2 rings (SSSR count). The molecule has 0 saturated carbocycles. The topological polar surface area (TPSA) is 114 Å². The number of hydrogen-bond acceptors (Lipinski definition) is 5. The molecule has 1 aromatic carbocycles. The number of amides is 2. The number of anilines is 2. The van der Waals surface area contributed by atoms with Crippen LogP contribution in [0.2, 0.25) is 0 Å². The lowest BCUT2D eigenvalue weighted by molar-refractivity contribution is -0.120. The maximum absolute atomic E-state index is 11.6. The third-order valence-electron chi connectivity index (χ3n) is 2.96. The lowest BCUT2D eigenvalue weighted by Crippen LogP contribution is -2.18. The van der Waals surface area contributed by atoms with E-state index in [0.717, 1.165) is 0 Å². The molecule has 8 nitrogen and oxygen atoms in total. The molecule has 0 atom stereocenters. The number of carbonyl (C=O) groups is 2. The summed E-state index contributed by atoms with van der Waals surface area (Å²) in [5.74, 6) is 0.0698. The third-order valence-corrected chi connectivity index (χ3v) is 2.96. The van der Waals surface area contributed by atoms with Crippen LogP contribution in [0.4, 0.5) is 16.2 Å². The fraction of sp³-hybridized carbons (Fsp3) is 0.267. The zero-order chi connectivity index (χ0) is 16.8. The van der Waals surface area contributed by atoms with Crippen LogP contribution >= 0.6 is 0 Å². The second kappa shape index (κ2) is 7.41. The van der Waals surface area contributed by atoms with Gasteiger partial charge in [0.15, 0.2) is 5.76 Å². The quantitative estimate of drug-likeness (QED) is 0.754. The van der Waals surface area contributed by atoms with Crippen LogP contribution in [-0.4, -0.2) is 35.5 Å². The molecule has 0 aliphatic carbocycles. The monoisotopic (exact) mass is 319 g/mol. The summed E-state index contributed by atoms with van der Waals surface area (Å²) in [5.41, 5.74) is 1.97. The van der Waals surface area contributed by atoms with Gasteiger partial charge >= 0.3 is 6.09 Å². The molecule has 1 aromatic heterocycles. The van der Waals surface area contributed by atoms with E-state index >= 15 is 0 Å². The van der Waals surface area contributed by atoms with E-state index in [4.69, 9.17) is 14.4 Å². The highest BCUT2D eigenvalue weighted by atomic mass is 16.5. The first-order chi connectivity index (χ1) is 11.0. The van der Waals surface area contributed by atoms with E-state index in [9.17, 15) is 9.59 Å². The molecule has 0 aliphatic heterocycles. The number of nitrogens with zero attached hydrogens (tertiary/aromatic N) is 1. The first-order valence-corrected chi connectivity index (χ1v) is 6.95. The molecule has 0 fully saturated rings. The minimum atomic E-state index is -1.20. The van der Waals surface area contributed by atoms with Crippen LogP contribution in [0.15, 0.2) is 28.8 Å². The van der Waals surface area contributed by atoms with Gasteiger partial charge in [-0.1, -0.05) is 5.16 Å². The Morgan fingerprint density at radius 2 is 1.96 bits per heavy atom. The predicted octanol–water partition coefficient (Wildman–Crippen LogP) is 2.71. The smallest absolute Gasteiger partial charge is 0.409 e. The Kier molecular flexibility index (Phi) is 5.32. The molecule has 1 heterocycles. The van der Waals surface area contributed by atoms with Gasteiger partial charge in [0.25, 0.3) is 0 Å². The SMILES string of the molecule is CCOCC(=O)Nc1ccc(-c2onc(C)c2NC(=O)O)cc1.